The van der Waals surface area contributed by atoms with Crippen LogP contribution in [0.15, 0.2) is 59.1 Å². The minimum absolute atomic E-state index is 0.297. The van der Waals surface area contributed by atoms with Crippen LogP contribution in [-0.2, 0) is 22.8 Å². The monoisotopic (exact) mass is 408 g/mol. The summed E-state index contributed by atoms with van der Waals surface area (Å²) in [5.41, 5.74) is 5.86. The highest BCUT2D eigenvalue weighted by Crippen LogP contribution is 2.30. The molecule has 0 saturated heterocycles. The van der Waals surface area contributed by atoms with Crippen molar-refractivity contribution in [3.8, 4) is 11.5 Å². The molecule has 0 saturated carbocycles. The first-order valence-corrected chi connectivity index (χ1v) is 9.43. The lowest BCUT2D eigenvalue weighted by Gasteiger charge is -2.11. The van der Waals surface area contributed by atoms with Crippen molar-refractivity contribution in [2.75, 3.05) is 7.11 Å². The van der Waals surface area contributed by atoms with Gasteiger partial charge in [0.2, 0.25) is 0 Å². The van der Waals surface area contributed by atoms with Crippen molar-refractivity contribution in [1.29, 1.82) is 0 Å². The zero-order chi connectivity index (χ0) is 21.3. The van der Waals surface area contributed by atoms with Gasteiger partial charge in [0.05, 0.1) is 25.0 Å². The van der Waals surface area contributed by atoms with Gasteiger partial charge in [-0.1, -0.05) is 41.6 Å². The predicted octanol–water partition coefficient (Wildman–Crippen LogP) is 4.14. The standard InChI is InChI=1S/C23H24N2O5/c1-16-20(17(2)30-24-16)15-28-21-11-9-18(13-22(21)27-3)10-12-23(26)25-29-14-19-7-5-4-6-8-19/h4-13H,14-15H2,1-3H3,(H,25,26)/b12-10+. The van der Waals surface area contributed by atoms with E-state index in [0.29, 0.717) is 24.7 Å². The van der Waals surface area contributed by atoms with E-state index >= 15 is 0 Å². The average molecular weight is 408 g/mol. The largest absolute Gasteiger partial charge is 0.493 e. The molecule has 3 rings (SSSR count). The highest BCUT2D eigenvalue weighted by molar-refractivity contribution is 5.91. The Morgan fingerprint density at radius 1 is 1.10 bits per heavy atom. The number of aryl methyl sites for hydroxylation is 2. The van der Waals surface area contributed by atoms with Crippen LogP contribution in [0.3, 0.4) is 0 Å². The summed E-state index contributed by atoms with van der Waals surface area (Å²) in [6, 6.07) is 15.0. The minimum Gasteiger partial charge on any atom is -0.493 e. The highest BCUT2D eigenvalue weighted by Gasteiger charge is 2.12. The van der Waals surface area contributed by atoms with Gasteiger partial charge in [-0.15, -0.1) is 0 Å². The fraction of sp³-hybridized carbons (Fsp3) is 0.217. The summed E-state index contributed by atoms with van der Waals surface area (Å²) in [6.45, 7) is 4.34. The van der Waals surface area contributed by atoms with Gasteiger partial charge in [0.15, 0.2) is 11.5 Å². The molecular weight excluding hydrogens is 384 g/mol. The molecule has 7 nitrogen and oxygen atoms in total. The summed E-state index contributed by atoms with van der Waals surface area (Å²) < 4.78 is 16.4. The summed E-state index contributed by atoms with van der Waals surface area (Å²) >= 11 is 0. The van der Waals surface area contributed by atoms with Crippen LogP contribution in [-0.4, -0.2) is 18.2 Å². The van der Waals surface area contributed by atoms with E-state index in [2.05, 4.69) is 10.6 Å². The summed E-state index contributed by atoms with van der Waals surface area (Å²) in [4.78, 5) is 17.1. The van der Waals surface area contributed by atoms with Crippen LogP contribution in [0.5, 0.6) is 11.5 Å². The Hall–Kier alpha value is -3.58. The third-order valence-electron chi connectivity index (χ3n) is 4.42. The van der Waals surface area contributed by atoms with Gasteiger partial charge in [0.25, 0.3) is 5.91 Å². The Morgan fingerprint density at radius 3 is 2.60 bits per heavy atom. The Labute approximate surface area is 175 Å². The SMILES string of the molecule is COc1cc(/C=C/C(=O)NOCc2ccccc2)ccc1OCc1c(C)noc1C. The number of benzene rings is 2. The van der Waals surface area contributed by atoms with Gasteiger partial charge in [0.1, 0.15) is 12.4 Å². The number of nitrogens with zero attached hydrogens (tertiary/aromatic N) is 1. The average Bonchev–Trinajstić information content (AvgIpc) is 3.09. The summed E-state index contributed by atoms with van der Waals surface area (Å²) in [7, 11) is 1.57. The lowest BCUT2D eigenvalue weighted by molar-refractivity contribution is -0.129. The van der Waals surface area contributed by atoms with E-state index in [9.17, 15) is 4.79 Å². The minimum atomic E-state index is -0.358. The van der Waals surface area contributed by atoms with Crippen molar-refractivity contribution >= 4 is 12.0 Å². The predicted molar refractivity (Wildman–Crippen MR) is 112 cm³/mol. The zero-order valence-electron chi connectivity index (χ0n) is 17.2. The van der Waals surface area contributed by atoms with Crippen LogP contribution < -0.4 is 15.0 Å². The molecule has 0 unspecified atom stereocenters. The number of rotatable bonds is 9. The summed E-state index contributed by atoms with van der Waals surface area (Å²) in [6.07, 6.45) is 3.06. The van der Waals surface area contributed by atoms with Crippen molar-refractivity contribution in [2.45, 2.75) is 27.1 Å². The van der Waals surface area contributed by atoms with Crippen LogP contribution in [0.2, 0.25) is 0 Å². The fourth-order valence-corrected chi connectivity index (χ4v) is 2.74. The molecule has 30 heavy (non-hydrogen) atoms. The second-order valence-electron chi connectivity index (χ2n) is 6.58. The van der Waals surface area contributed by atoms with Crippen LogP contribution >= 0.6 is 0 Å². The van der Waals surface area contributed by atoms with Crippen molar-refractivity contribution in [3.63, 3.8) is 0 Å². The number of methoxy groups -OCH3 is 1. The van der Waals surface area contributed by atoms with Crippen LogP contribution in [0.4, 0.5) is 0 Å². The number of carbonyl (C=O) groups is 1. The molecule has 0 aliphatic carbocycles. The quantitative estimate of drug-likeness (QED) is 0.423. The number of hydroxylamine groups is 1. The van der Waals surface area contributed by atoms with Crippen LogP contribution in [0, 0.1) is 13.8 Å². The molecule has 1 heterocycles. The number of hydrogen-bond acceptors (Lipinski definition) is 6. The smallest absolute Gasteiger partial charge is 0.267 e. The number of aromatic nitrogens is 1. The Morgan fingerprint density at radius 2 is 1.90 bits per heavy atom. The fourth-order valence-electron chi connectivity index (χ4n) is 2.74. The summed E-state index contributed by atoms with van der Waals surface area (Å²) in [5, 5.41) is 3.92. The summed E-state index contributed by atoms with van der Waals surface area (Å²) in [5.74, 6) is 1.52. The highest BCUT2D eigenvalue weighted by atomic mass is 16.6. The molecule has 0 aliphatic rings. The number of carbonyl (C=O) groups excluding carboxylic acids is 1. The molecule has 0 bridgehead atoms. The lowest BCUT2D eigenvalue weighted by Crippen LogP contribution is -2.21. The van der Waals surface area contributed by atoms with Crippen molar-refractivity contribution < 1.29 is 23.6 Å². The van der Waals surface area contributed by atoms with E-state index in [1.807, 2.05) is 50.2 Å². The molecule has 156 valence electrons. The normalized spacial score (nSPS) is 10.9. The van der Waals surface area contributed by atoms with Crippen LogP contribution in [0.25, 0.3) is 6.08 Å². The first-order valence-electron chi connectivity index (χ1n) is 9.43. The third-order valence-corrected chi connectivity index (χ3v) is 4.42. The van der Waals surface area contributed by atoms with Crippen molar-refractivity contribution in [2.24, 2.45) is 0 Å². The van der Waals surface area contributed by atoms with Crippen molar-refractivity contribution in [1.82, 2.24) is 10.6 Å². The molecule has 1 aromatic heterocycles. The van der Waals surface area contributed by atoms with Crippen LogP contribution in [0.1, 0.15) is 28.1 Å². The van der Waals surface area contributed by atoms with Gasteiger partial charge in [0, 0.05) is 6.08 Å². The second kappa shape index (κ2) is 10.3. The second-order valence-corrected chi connectivity index (χ2v) is 6.58. The van der Waals surface area contributed by atoms with E-state index in [1.54, 1.807) is 25.3 Å². The zero-order valence-corrected chi connectivity index (χ0v) is 17.2. The first kappa shape index (κ1) is 21.1. The Kier molecular flexibility index (Phi) is 7.24. The van der Waals surface area contributed by atoms with E-state index in [4.69, 9.17) is 18.8 Å². The molecule has 1 N–H and O–H groups in total. The molecule has 7 heteroatoms. The third kappa shape index (κ3) is 5.71. The van der Waals surface area contributed by atoms with E-state index in [-0.39, 0.29) is 5.91 Å². The number of ether oxygens (including phenoxy) is 2. The van der Waals surface area contributed by atoms with Gasteiger partial charge in [-0.3, -0.25) is 9.63 Å². The topological polar surface area (TPSA) is 82.8 Å². The molecule has 0 atom stereocenters. The maximum atomic E-state index is 11.9. The van der Waals surface area contributed by atoms with E-state index < -0.39 is 0 Å². The first-order chi connectivity index (χ1) is 14.6. The van der Waals surface area contributed by atoms with Crippen molar-refractivity contribution in [3.05, 3.63) is 82.8 Å². The van der Waals surface area contributed by atoms with Gasteiger partial charge in [-0.2, -0.15) is 0 Å². The number of amides is 1. The Bertz CT molecular complexity index is 992. The molecule has 0 fully saturated rings. The molecule has 0 aliphatic heterocycles. The molecule has 2 aromatic carbocycles. The Balaban J connectivity index is 1.55. The molecule has 3 aromatic rings. The van der Waals surface area contributed by atoms with Gasteiger partial charge >= 0.3 is 0 Å². The molecule has 0 radical (unpaired) electrons. The molecule has 0 spiro atoms. The lowest BCUT2D eigenvalue weighted by atomic mass is 10.2. The maximum absolute atomic E-state index is 11.9. The van der Waals surface area contributed by atoms with Gasteiger partial charge < -0.3 is 14.0 Å². The van der Waals surface area contributed by atoms with E-state index in [0.717, 1.165) is 28.1 Å². The number of hydrogen-bond donors (Lipinski definition) is 1. The van der Waals surface area contributed by atoms with Gasteiger partial charge in [-0.25, -0.2) is 5.48 Å². The number of nitrogens with one attached hydrogen (secondary N) is 1. The maximum Gasteiger partial charge on any atom is 0.267 e. The van der Waals surface area contributed by atoms with E-state index in [1.165, 1.54) is 6.08 Å². The van der Waals surface area contributed by atoms with Gasteiger partial charge in [-0.05, 0) is 43.2 Å². The molecule has 1 amide bonds. The molecular formula is C23H24N2O5.